The number of hydrogen-bond acceptors (Lipinski definition) is 6. The molecule has 6 nitrogen and oxygen atoms in total. The second kappa shape index (κ2) is 11.6. The average Bonchev–Trinajstić information content (AvgIpc) is 2.89. The summed E-state index contributed by atoms with van der Waals surface area (Å²) >= 11 is 0. The van der Waals surface area contributed by atoms with E-state index in [0.717, 1.165) is 5.57 Å². The number of hydrogen-bond donors (Lipinski definition) is 1. The Morgan fingerprint density at radius 2 is 1.54 bits per heavy atom. The largest absolute Gasteiger partial charge is 0.467 e. The summed E-state index contributed by atoms with van der Waals surface area (Å²) in [5, 5.41) is 13.5. The van der Waals surface area contributed by atoms with Crippen LogP contribution < -0.4 is 10.4 Å². The van der Waals surface area contributed by atoms with E-state index in [1.54, 1.807) is 0 Å². The molecule has 0 bridgehead atoms. The van der Waals surface area contributed by atoms with Gasteiger partial charge in [-0.05, 0) is 33.3 Å². The van der Waals surface area contributed by atoms with Crippen molar-refractivity contribution in [1.82, 2.24) is 0 Å². The molecule has 2 aromatic carbocycles. The number of esters is 2. The fourth-order valence-electron chi connectivity index (χ4n) is 5.27. The molecule has 0 saturated heterocycles. The number of methoxy groups -OCH3 is 2. The summed E-state index contributed by atoms with van der Waals surface area (Å²) in [7, 11) is -0.252. The van der Waals surface area contributed by atoms with Crippen LogP contribution in [0, 0.1) is 11.8 Å². The van der Waals surface area contributed by atoms with Crippen LogP contribution in [0.15, 0.2) is 84.5 Å². The average molecular weight is 523 g/mol. The molecule has 1 aliphatic rings. The first-order valence-corrected chi connectivity index (χ1v) is 14.4. The van der Waals surface area contributed by atoms with Crippen molar-refractivity contribution in [2.45, 2.75) is 44.8 Å². The molecule has 0 radical (unpaired) electrons. The van der Waals surface area contributed by atoms with Gasteiger partial charge in [0, 0.05) is 12.0 Å². The zero-order chi connectivity index (χ0) is 27.3. The van der Waals surface area contributed by atoms with Crippen molar-refractivity contribution in [1.29, 1.82) is 0 Å². The first-order valence-electron chi connectivity index (χ1n) is 12.5. The van der Waals surface area contributed by atoms with Gasteiger partial charge in [0.05, 0.1) is 20.8 Å². The minimum Gasteiger partial charge on any atom is -0.467 e. The van der Waals surface area contributed by atoms with Gasteiger partial charge in [-0.3, -0.25) is 0 Å². The SMILES string of the molecule is COC(=O)/C=C/[C@@H]1C=C(CO[Si](c2ccccc2)(c2ccccc2)C(C)(C)C)[C@H](C)C[C@@]1(O)C(=O)OC. The number of carbonyl (C=O) groups is 2. The van der Waals surface area contributed by atoms with E-state index in [4.69, 9.17) is 13.9 Å². The van der Waals surface area contributed by atoms with Gasteiger partial charge in [0.25, 0.3) is 8.32 Å². The molecule has 3 atom stereocenters. The number of ether oxygens (including phenoxy) is 2. The van der Waals surface area contributed by atoms with E-state index in [1.165, 1.54) is 36.7 Å². The van der Waals surface area contributed by atoms with Gasteiger partial charge in [0.15, 0.2) is 5.60 Å². The van der Waals surface area contributed by atoms with Gasteiger partial charge in [0.2, 0.25) is 0 Å². The Hall–Kier alpha value is -3.00. The molecule has 0 unspecified atom stereocenters. The van der Waals surface area contributed by atoms with Crippen LogP contribution in [0.2, 0.25) is 5.04 Å². The maximum absolute atomic E-state index is 12.6. The van der Waals surface area contributed by atoms with Crippen molar-refractivity contribution >= 4 is 30.6 Å². The molecular weight excluding hydrogens is 484 g/mol. The first kappa shape index (κ1) is 28.6. The third kappa shape index (κ3) is 5.79. The molecule has 0 spiro atoms. The Balaban J connectivity index is 2.08. The molecule has 0 aromatic heterocycles. The highest BCUT2D eigenvalue weighted by molar-refractivity contribution is 6.99. The van der Waals surface area contributed by atoms with Crippen LogP contribution in [0.4, 0.5) is 0 Å². The molecule has 7 heteroatoms. The molecule has 1 N–H and O–H groups in total. The Morgan fingerprint density at radius 3 is 2.00 bits per heavy atom. The van der Waals surface area contributed by atoms with Gasteiger partial charge >= 0.3 is 11.9 Å². The lowest BCUT2D eigenvalue weighted by atomic mass is 9.72. The van der Waals surface area contributed by atoms with Crippen molar-refractivity contribution in [3.8, 4) is 0 Å². The fraction of sp³-hybridized carbons (Fsp3) is 0.400. The van der Waals surface area contributed by atoms with E-state index >= 15 is 0 Å². The van der Waals surface area contributed by atoms with Crippen LogP contribution in [0.1, 0.15) is 34.1 Å². The van der Waals surface area contributed by atoms with E-state index < -0.39 is 31.8 Å². The molecular formula is C30H38O6Si. The maximum atomic E-state index is 12.6. The Morgan fingerprint density at radius 1 is 1.00 bits per heavy atom. The minimum atomic E-state index is -2.78. The van der Waals surface area contributed by atoms with E-state index in [9.17, 15) is 14.7 Å². The van der Waals surface area contributed by atoms with Crippen molar-refractivity contribution in [2.75, 3.05) is 20.8 Å². The summed E-state index contributed by atoms with van der Waals surface area (Å²) in [5.74, 6) is -2.22. The van der Waals surface area contributed by atoms with Crippen molar-refractivity contribution in [3.05, 3.63) is 84.5 Å². The molecule has 198 valence electrons. The molecule has 37 heavy (non-hydrogen) atoms. The third-order valence-corrected chi connectivity index (χ3v) is 12.2. The molecule has 0 saturated carbocycles. The van der Waals surface area contributed by atoms with Gasteiger partial charge in [-0.15, -0.1) is 0 Å². The molecule has 0 amide bonds. The lowest BCUT2D eigenvalue weighted by molar-refractivity contribution is -0.167. The molecule has 0 heterocycles. The van der Waals surface area contributed by atoms with E-state index in [0.29, 0.717) is 6.61 Å². The summed E-state index contributed by atoms with van der Waals surface area (Å²) < 4.78 is 16.7. The number of aliphatic hydroxyl groups is 1. The summed E-state index contributed by atoms with van der Waals surface area (Å²) in [6, 6.07) is 20.7. The first-order chi connectivity index (χ1) is 17.5. The van der Waals surface area contributed by atoms with Gasteiger partial charge in [-0.2, -0.15) is 0 Å². The number of benzene rings is 2. The zero-order valence-corrected chi connectivity index (χ0v) is 23.6. The summed E-state index contributed by atoms with van der Waals surface area (Å²) in [4.78, 5) is 24.4. The third-order valence-electron chi connectivity index (χ3n) is 7.25. The van der Waals surface area contributed by atoms with Gasteiger partial charge in [0.1, 0.15) is 0 Å². The van der Waals surface area contributed by atoms with Crippen LogP contribution in [0.3, 0.4) is 0 Å². The van der Waals surface area contributed by atoms with Crippen LogP contribution in [0.25, 0.3) is 0 Å². The highest BCUT2D eigenvalue weighted by Crippen LogP contribution is 2.41. The van der Waals surface area contributed by atoms with Crippen LogP contribution in [-0.2, 0) is 23.5 Å². The summed E-state index contributed by atoms with van der Waals surface area (Å²) in [6.07, 6.45) is 4.71. The molecule has 0 fully saturated rings. The topological polar surface area (TPSA) is 82.1 Å². The van der Waals surface area contributed by atoms with Crippen molar-refractivity contribution < 1.29 is 28.6 Å². The highest BCUT2D eigenvalue weighted by atomic mass is 28.4. The lowest BCUT2D eigenvalue weighted by Crippen LogP contribution is -2.66. The van der Waals surface area contributed by atoms with Crippen LogP contribution in [0.5, 0.6) is 0 Å². The number of rotatable bonds is 8. The van der Waals surface area contributed by atoms with E-state index in [2.05, 4.69) is 45.0 Å². The van der Waals surface area contributed by atoms with Crippen molar-refractivity contribution in [2.24, 2.45) is 11.8 Å². The minimum absolute atomic E-state index is 0.145. The van der Waals surface area contributed by atoms with Crippen LogP contribution in [-0.4, -0.2) is 51.8 Å². The monoisotopic (exact) mass is 522 g/mol. The molecule has 2 aromatic rings. The van der Waals surface area contributed by atoms with Gasteiger partial charge < -0.3 is 19.0 Å². The zero-order valence-electron chi connectivity index (χ0n) is 22.6. The smallest absolute Gasteiger partial charge is 0.338 e. The van der Waals surface area contributed by atoms with Gasteiger partial charge in [-0.1, -0.05) is 101 Å². The van der Waals surface area contributed by atoms with Crippen LogP contribution >= 0.6 is 0 Å². The lowest BCUT2D eigenvalue weighted by Gasteiger charge is -2.44. The quantitative estimate of drug-likeness (QED) is 0.246. The number of carbonyl (C=O) groups excluding carboxylic acids is 2. The predicted octanol–water partition coefficient (Wildman–Crippen LogP) is 3.78. The normalized spacial score (nSPS) is 22.4. The summed E-state index contributed by atoms with van der Waals surface area (Å²) in [6.45, 7) is 8.95. The second-order valence-corrected chi connectivity index (χ2v) is 14.9. The van der Waals surface area contributed by atoms with E-state index in [-0.39, 0.29) is 17.4 Å². The standard InChI is InChI=1S/C30H38O6Si/c1-22-20-30(33,28(32)35-6)24(17-18-27(31)34-5)19-23(22)21-36-37(29(2,3)4,25-13-9-7-10-14-25)26-15-11-8-12-16-26/h7-19,22,24,33H,20-21H2,1-6H3/b18-17+/t22-,24-,30+/m1/s1. The Labute approximate surface area is 221 Å². The molecule has 3 rings (SSSR count). The van der Waals surface area contributed by atoms with E-state index in [1.807, 2.05) is 49.4 Å². The maximum Gasteiger partial charge on any atom is 0.338 e. The van der Waals surface area contributed by atoms with Crippen molar-refractivity contribution in [3.63, 3.8) is 0 Å². The Kier molecular flexibility index (Phi) is 8.95. The molecule has 1 aliphatic carbocycles. The summed E-state index contributed by atoms with van der Waals surface area (Å²) in [5.41, 5.74) is -0.833. The predicted molar refractivity (Wildman–Crippen MR) is 147 cm³/mol. The highest BCUT2D eigenvalue weighted by Gasteiger charge is 2.51. The Bertz CT molecular complexity index is 1100. The molecule has 0 aliphatic heterocycles. The second-order valence-electron chi connectivity index (χ2n) is 10.6. The fourth-order valence-corrected chi connectivity index (χ4v) is 9.81. The van der Waals surface area contributed by atoms with Gasteiger partial charge in [-0.25, -0.2) is 9.59 Å².